The third-order valence-corrected chi connectivity index (χ3v) is 3.68. The van der Waals surface area contributed by atoms with Gasteiger partial charge in [0.1, 0.15) is 11.6 Å². The number of rotatable bonds is 4. The number of carbonyl (C=O) groups excluding carboxylic acids is 1. The number of halogens is 2. The average molecular weight is 270 g/mol. The molecule has 1 unspecified atom stereocenters. The molecule has 0 saturated carbocycles. The summed E-state index contributed by atoms with van der Waals surface area (Å²) in [4.78, 5) is 11.9. The first kappa shape index (κ1) is 13.5. The molecule has 0 bridgehead atoms. The Morgan fingerprint density at radius 3 is 3.06 bits per heavy atom. The number of nitrogens with one attached hydrogen (secondary N) is 1. The standard InChI is InChI=1S/C14H17ClFNO/c15-14-4-3-12(16)7-11(14)8-13(18)6-10-2-1-5-17-9-10/h3-4,7,10,17H,1-2,5-6,8-9H2. The topological polar surface area (TPSA) is 29.1 Å². The minimum Gasteiger partial charge on any atom is -0.316 e. The van der Waals surface area contributed by atoms with Crippen LogP contribution in [-0.2, 0) is 11.2 Å². The maximum absolute atomic E-state index is 13.1. The molecule has 1 aliphatic rings. The lowest BCUT2D eigenvalue weighted by Gasteiger charge is -2.21. The van der Waals surface area contributed by atoms with E-state index in [1.54, 1.807) is 0 Å². The van der Waals surface area contributed by atoms with Crippen LogP contribution in [0.3, 0.4) is 0 Å². The van der Waals surface area contributed by atoms with Gasteiger partial charge in [0.15, 0.2) is 0 Å². The van der Waals surface area contributed by atoms with Crippen molar-refractivity contribution in [3.63, 3.8) is 0 Å². The summed E-state index contributed by atoms with van der Waals surface area (Å²) in [6, 6.07) is 4.16. The zero-order valence-corrected chi connectivity index (χ0v) is 11.0. The number of ketones is 1. The highest BCUT2D eigenvalue weighted by Crippen LogP contribution is 2.20. The van der Waals surface area contributed by atoms with Gasteiger partial charge < -0.3 is 5.32 Å². The van der Waals surface area contributed by atoms with E-state index in [4.69, 9.17) is 11.6 Å². The largest absolute Gasteiger partial charge is 0.316 e. The molecule has 0 aliphatic carbocycles. The van der Waals surface area contributed by atoms with Crippen LogP contribution in [0, 0.1) is 11.7 Å². The van der Waals surface area contributed by atoms with Gasteiger partial charge in [0.25, 0.3) is 0 Å². The van der Waals surface area contributed by atoms with Crippen molar-refractivity contribution in [2.75, 3.05) is 13.1 Å². The van der Waals surface area contributed by atoms with Crippen LogP contribution in [0.25, 0.3) is 0 Å². The molecule has 1 atom stereocenters. The molecule has 2 rings (SSSR count). The molecule has 1 heterocycles. The molecule has 0 spiro atoms. The van der Waals surface area contributed by atoms with E-state index in [2.05, 4.69) is 5.32 Å². The lowest BCUT2D eigenvalue weighted by atomic mass is 9.92. The Kier molecular flexibility index (Phi) is 4.72. The van der Waals surface area contributed by atoms with Gasteiger partial charge in [-0.25, -0.2) is 4.39 Å². The third kappa shape index (κ3) is 3.79. The lowest BCUT2D eigenvalue weighted by Crippen LogP contribution is -2.31. The normalized spacial score (nSPS) is 19.8. The van der Waals surface area contributed by atoms with E-state index < -0.39 is 0 Å². The molecule has 1 saturated heterocycles. The summed E-state index contributed by atoms with van der Waals surface area (Å²) in [6.45, 7) is 1.95. The van der Waals surface area contributed by atoms with Crippen LogP contribution in [-0.4, -0.2) is 18.9 Å². The van der Waals surface area contributed by atoms with Crippen molar-refractivity contribution in [3.05, 3.63) is 34.6 Å². The Morgan fingerprint density at radius 1 is 1.50 bits per heavy atom. The fourth-order valence-electron chi connectivity index (χ4n) is 2.38. The van der Waals surface area contributed by atoms with Crippen molar-refractivity contribution in [3.8, 4) is 0 Å². The van der Waals surface area contributed by atoms with Gasteiger partial charge in [0, 0.05) is 17.9 Å². The molecule has 4 heteroatoms. The van der Waals surface area contributed by atoms with Crippen molar-refractivity contribution in [2.45, 2.75) is 25.7 Å². The maximum Gasteiger partial charge on any atom is 0.137 e. The van der Waals surface area contributed by atoms with Gasteiger partial charge in [-0.2, -0.15) is 0 Å². The van der Waals surface area contributed by atoms with Gasteiger partial charge in [-0.15, -0.1) is 0 Å². The van der Waals surface area contributed by atoms with Crippen LogP contribution in [0.4, 0.5) is 4.39 Å². The molecule has 2 nitrogen and oxygen atoms in total. The molecule has 18 heavy (non-hydrogen) atoms. The Balaban J connectivity index is 1.92. The fourth-order valence-corrected chi connectivity index (χ4v) is 2.57. The monoisotopic (exact) mass is 269 g/mol. The van der Waals surface area contributed by atoms with Gasteiger partial charge in [0.05, 0.1) is 0 Å². The molecular weight excluding hydrogens is 253 g/mol. The van der Waals surface area contributed by atoms with Crippen LogP contribution >= 0.6 is 11.6 Å². The second-order valence-corrected chi connectivity index (χ2v) is 5.27. The number of piperidine rings is 1. The summed E-state index contributed by atoms with van der Waals surface area (Å²) in [7, 11) is 0. The SMILES string of the molecule is O=C(Cc1cc(F)ccc1Cl)CC1CCCNC1. The van der Waals surface area contributed by atoms with E-state index in [0.717, 1.165) is 25.9 Å². The van der Waals surface area contributed by atoms with E-state index in [9.17, 15) is 9.18 Å². The molecule has 0 amide bonds. The van der Waals surface area contributed by atoms with E-state index in [-0.39, 0.29) is 18.0 Å². The van der Waals surface area contributed by atoms with Crippen molar-refractivity contribution >= 4 is 17.4 Å². The first-order valence-corrected chi connectivity index (χ1v) is 6.69. The highest BCUT2D eigenvalue weighted by molar-refractivity contribution is 6.31. The summed E-state index contributed by atoms with van der Waals surface area (Å²) >= 11 is 5.95. The average Bonchev–Trinajstić information content (AvgIpc) is 2.35. The van der Waals surface area contributed by atoms with Crippen molar-refractivity contribution < 1.29 is 9.18 Å². The molecule has 1 aromatic carbocycles. The third-order valence-electron chi connectivity index (χ3n) is 3.31. The number of Topliss-reactive ketones (excluding diaryl/α,β-unsaturated/α-hetero) is 1. The predicted molar refractivity (Wildman–Crippen MR) is 70.3 cm³/mol. The summed E-state index contributed by atoms with van der Waals surface area (Å²) < 4.78 is 13.1. The Hall–Kier alpha value is -0.930. The molecule has 1 fully saturated rings. The Labute approximate surface area is 112 Å². The minimum atomic E-state index is -0.346. The van der Waals surface area contributed by atoms with Crippen molar-refractivity contribution in [2.24, 2.45) is 5.92 Å². The van der Waals surface area contributed by atoms with Crippen LogP contribution in [0.2, 0.25) is 5.02 Å². The van der Waals surface area contributed by atoms with E-state index in [1.165, 1.54) is 18.2 Å². The van der Waals surface area contributed by atoms with Gasteiger partial charge in [0.2, 0.25) is 0 Å². The summed E-state index contributed by atoms with van der Waals surface area (Å²) in [5.41, 5.74) is 0.588. The van der Waals surface area contributed by atoms with E-state index in [1.807, 2.05) is 0 Å². The van der Waals surface area contributed by atoms with Crippen molar-refractivity contribution in [1.29, 1.82) is 0 Å². The second-order valence-electron chi connectivity index (χ2n) is 4.87. The van der Waals surface area contributed by atoms with Crippen LogP contribution in [0.5, 0.6) is 0 Å². The van der Waals surface area contributed by atoms with E-state index in [0.29, 0.717) is 22.9 Å². The van der Waals surface area contributed by atoms with Crippen LogP contribution in [0.15, 0.2) is 18.2 Å². The lowest BCUT2D eigenvalue weighted by molar-refractivity contribution is -0.119. The Morgan fingerprint density at radius 2 is 2.33 bits per heavy atom. The second kappa shape index (κ2) is 6.30. The number of carbonyl (C=O) groups is 1. The zero-order valence-electron chi connectivity index (χ0n) is 10.2. The van der Waals surface area contributed by atoms with E-state index >= 15 is 0 Å². The first-order chi connectivity index (χ1) is 8.65. The van der Waals surface area contributed by atoms with Gasteiger partial charge in [-0.05, 0) is 55.6 Å². The van der Waals surface area contributed by atoms with Crippen LogP contribution < -0.4 is 5.32 Å². The molecular formula is C14H17ClFNO. The Bertz CT molecular complexity index is 430. The number of hydrogen-bond acceptors (Lipinski definition) is 2. The fraction of sp³-hybridized carbons (Fsp3) is 0.500. The highest BCUT2D eigenvalue weighted by Gasteiger charge is 2.17. The maximum atomic E-state index is 13.1. The smallest absolute Gasteiger partial charge is 0.137 e. The molecule has 1 aliphatic heterocycles. The molecule has 1 aromatic rings. The van der Waals surface area contributed by atoms with Gasteiger partial charge in [-0.3, -0.25) is 4.79 Å². The van der Waals surface area contributed by atoms with Crippen molar-refractivity contribution in [1.82, 2.24) is 5.32 Å². The number of benzene rings is 1. The first-order valence-electron chi connectivity index (χ1n) is 6.31. The zero-order chi connectivity index (χ0) is 13.0. The van der Waals surface area contributed by atoms with Gasteiger partial charge in [-0.1, -0.05) is 11.6 Å². The number of hydrogen-bond donors (Lipinski definition) is 1. The minimum absolute atomic E-state index is 0.135. The summed E-state index contributed by atoms with van der Waals surface area (Å²) in [5.74, 6) is 0.205. The molecule has 0 radical (unpaired) electrons. The quantitative estimate of drug-likeness (QED) is 0.910. The summed E-state index contributed by atoms with van der Waals surface area (Å²) in [5, 5.41) is 3.75. The van der Waals surface area contributed by atoms with Gasteiger partial charge >= 0.3 is 0 Å². The van der Waals surface area contributed by atoms with Crippen LogP contribution in [0.1, 0.15) is 24.8 Å². The molecule has 0 aromatic heterocycles. The highest BCUT2D eigenvalue weighted by atomic mass is 35.5. The predicted octanol–water partition coefficient (Wildman–Crippen LogP) is 2.98. The molecule has 98 valence electrons. The summed E-state index contributed by atoms with van der Waals surface area (Å²) in [6.07, 6.45) is 3.00. The molecule has 1 N–H and O–H groups in total.